The Hall–Kier alpha value is -2.64. The molecule has 0 amide bonds. The van der Waals surface area contributed by atoms with Gasteiger partial charge >= 0.3 is 0 Å². The van der Waals surface area contributed by atoms with Gasteiger partial charge in [-0.3, -0.25) is 0 Å². The van der Waals surface area contributed by atoms with Crippen LogP contribution in [0.25, 0.3) is 37.9 Å². The van der Waals surface area contributed by atoms with Crippen LogP contribution in [0.3, 0.4) is 0 Å². The summed E-state index contributed by atoms with van der Waals surface area (Å²) in [4.78, 5) is 0. The molecule has 0 radical (unpaired) electrons. The molecule has 1 heteroatoms. The van der Waals surface area contributed by atoms with E-state index in [0.29, 0.717) is 0 Å². The first kappa shape index (κ1) is 14.7. The van der Waals surface area contributed by atoms with Crippen LogP contribution in [0, 0.1) is 0 Å². The average Bonchev–Trinajstić information content (AvgIpc) is 2.65. The largest absolute Gasteiger partial charge is 0.113 e. The molecule has 0 N–H and O–H groups in total. The molecule has 1 aliphatic heterocycles. The third kappa shape index (κ3) is 1.87. The molecule has 0 saturated heterocycles. The molecule has 0 bridgehead atoms. The van der Waals surface area contributed by atoms with Gasteiger partial charge in [0, 0.05) is 0 Å². The van der Waals surface area contributed by atoms with Crippen LogP contribution in [0.5, 0.6) is 0 Å². The van der Waals surface area contributed by atoms with Crippen molar-refractivity contribution < 1.29 is 0 Å². The summed E-state index contributed by atoms with van der Waals surface area (Å²) in [5, 5.41) is 8.18. The highest BCUT2D eigenvalue weighted by Crippen LogP contribution is 2.45. The van der Waals surface area contributed by atoms with Gasteiger partial charge in [0.25, 0.3) is 0 Å². The van der Waals surface area contributed by atoms with E-state index in [4.69, 9.17) is 0 Å². The van der Waals surface area contributed by atoms with Crippen molar-refractivity contribution in [2.24, 2.45) is 0 Å². The lowest BCUT2D eigenvalue weighted by molar-refractivity contribution is 1.61. The summed E-state index contributed by atoms with van der Waals surface area (Å²) < 4.78 is 0. The minimum absolute atomic E-state index is 1.30. The van der Waals surface area contributed by atoms with E-state index >= 15 is 0 Å². The molecular weight excluding hydrogens is 316 g/mol. The number of benzene rings is 4. The Bertz CT molecular complexity index is 1180. The van der Waals surface area contributed by atoms with Crippen molar-refractivity contribution in [2.75, 3.05) is 0 Å². The zero-order valence-electron chi connectivity index (χ0n) is 14.6. The molecule has 0 aliphatic carbocycles. The minimum Gasteiger partial charge on any atom is -0.0988 e. The standard InChI is InChI=1S/C24H20Si/c1-16-19-14-12-17-8-4-6-10-20(17)23(19)24-21-11-7-5-9-18(21)13-15-22(24)25(16,2)3/h4-15H,1H2,2-3H3. The fourth-order valence-electron chi connectivity index (χ4n) is 4.35. The van der Waals surface area contributed by atoms with E-state index in [1.807, 2.05) is 0 Å². The molecule has 4 aromatic carbocycles. The van der Waals surface area contributed by atoms with Crippen molar-refractivity contribution in [2.45, 2.75) is 13.1 Å². The highest BCUT2D eigenvalue weighted by molar-refractivity contribution is 7.06. The van der Waals surface area contributed by atoms with Crippen LogP contribution in [0.15, 0.2) is 79.4 Å². The summed E-state index contributed by atoms with van der Waals surface area (Å²) in [6.45, 7) is 9.42. The minimum atomic E-state index is -1.76. The van der Waals surface area contributed by atoms with E-state index in [-0.39, 0.29) is 0 Å². The summed E-state index contributed by atoms with van der Waals surface area (Å²) in [6, 6.07) is 26.7. The van der Waals surface area contributed by atoms with Crippen LogP contribution < -0.4 is 5.19 Å². The molecule has 1 heterocycles. The van der Waals surface area contributed by atoms with Crippen LogP contribution in [0.1, 0.15) is 5.56 Å². The van der Waals surface area contributed by atoms with Gasteiger partial charge in [0.2, 0.25) is 0 Å². The maximum Gasteiger partial charge on any atom is 0.113 e. The molecule has 0 fully saturated rings. The highest BCUT2D eigenvalue weighted by Gasteiger charge is 2.37. The fraction of sp³-hybridized carbons (Fsp3) is 0.0833. The van der Waals surface area contributed by atoms with Crippen molar-refractivity contribution in [3.8, 4) is 11.1 Å². The van der Waals surface area contributed by atoms with Crippen molar-refractivity contribution >= 4 is 40.0 Å². The maximum atomic E-state index is 4.56. The summed E-state index contributed by atoms with van der Waals surface area (Å²) >= 11 is 0. The average molecular weight is 337 g/mol. The monoisotopic (exact) mass is 336 g/mol. The molecule has 0 aromatic heterocycles. The van der Waals surface area contributed by atoms with Gasteiger partial charge in [0.05, 0.1) is 0 Å². The Kier molecular flexibility index (Phi) is 2.90. The van der Waals surface area contributed by atoms with Gasteiger partial charge in [-0.2, -0.15) is 0 Å². The lowest BCUT2D eigenvalue weighted by Crippen LogP contribution is -2.46. The zero-order valence-corrected chi connectivity index (χ0v) is 15.6. The van der Waals surface area contributed by atoms with E-state index in [1.54, 1.807) is 0 Å². The Morgan fingerprint density at radius 1 is 0.640 bits per heavy atom. The van der Waals surface area contributed by atoms with E-state index in [1.165, 1.54) is 48.6 Å². The molecule has 0 saturated carbocycles. The second kappa shape index (κ2) is 4.93. The predicted molar refractivity (Wildman–Crippen MR) is 113 cm³/mol. The summed E-state index contributed by atoms with van der Waals surface area (Å²) in [5.74, 6) is 0. The molecule has 1 aliphatic rings. The van der Waals surface area contributed by atoms with Crippen LogP contribution in [-0.2, 0) is 0 Å². The number of hydrogen-bond acceptors (Lipinski definition) is 0. The highest BCUT2D eigenvalue weighted by atomic mass is 28.3. The molecule has 0 nitrogen and oxygen atoms in total. The van der Waals surface area contributed by atoms with Crippen molar-refractivity contribution in [1.82, 2.24) is 0 Å². The predicted octanol–water partition coefficient (Wildman–Crippen LogP) is 6.14. The maximum absolute atomic E-state index is 4.56. The topological polar surface area (TPSA) is 0 Å². The fourth-order valence-corrected chi connectivity index (χ4v) is 6.94. The van der Waals surface area contributed by atoms with E-state index in [0.717, 1.165) is 0 Å². The smallest absolute Gasteiger partial charge is 0.0988 e. The van der Waals surface area contributed by atoms with Crippen LogP contribution in [-0.4, -0.2) is 8.07 Å². The normalized spacial score (nSPS) is 15.2. The summed E-state index contributed by atoms with van der Waals surface area (Å²) in [5.41, 5.74) is 4.16. The number of rotatable bonds is 0. The Labute approximate surface area is 149 Å². The van der Waals surface area contributed by atoms with Crippen LogP contribution in [0.4, 0.5) is 0 Å². The Morgan fingerprint density at radius 2 is 1.20 bits per heavy atom. The van der Waals surface area contributed by atoms with Gasteiger partial charge in [0.1, 0.15) is 8.07 Å². The molecule has 0 unspecified atom stereocenters. The molecular formula is C24H20Si. The SMILES string of the molecule is C=C1c2ccc3ccccc3c2-c2c(ccc3ccccc23)[Si]1(C)C. The quantitative estimate of drug-likeness (QED) is 0.338. The summed E-state index contributed by atoms with van der Waals surface area (Å²) in [7, 11) is -1.76. The van der Waals surface area contributed by atoms with Crippen LogP contribution in [0.2, 0.25) is 13.1 Å². The van der Waals surface area contributed by atoms with E-state index in [2.05, 4.69) is 92.5 Å². The Morgan fingerprint density at radius 3 is 1.88 bits per heavy atom. The van der Waals surface area contributed by atoms with Crippen LogP contribution >= 0.6 is 0 Å². The van der Waals surface area contributed by atoms with Gasteiger partial charge in [-0.25, -0.2) is 0 Å². The molecule has 25 heavy (non-hydrogen) atoms. The molecule has 0 atom stereocenters. The molecule has 120 valence electrons. The van der Waals surface area contributed by atoms with Gasteiger partial charge in [0.15, 0.2) is 0 Å². The lowest BCUT2D eigenvalue weighted by Gasteiger charge is -2.36. The van der Waals surface area contributed by atoms with Gasteiger partial charge in [-0.1, -0.05) is 97.7 Å². The molecule has 0 spiro atoms. The van der Waals surface area contributed by atoms with Gasteiger partial charge in [-0.15, -0.1) is 0 Å². The van der Waals surface area contributed by atoms with Crippen molar-refractivity contribution in [1.29, 1.82) is 0 Å². The number of hydrogen-bond donors (Lipinski definition) is 0. The Balaban J connectivity index is 2.06. The first-order valence-electron chi connectivity index (χ1n) is 8.83. The van der Waals surface area contributed by atoms with E-state index in [9.17, 15) is 0 Å². The second-order valence-corrected chi connectivity index (χ2v) is 11.9. The van der Waals surface area contributed by atoms with Crippen molar-refractivity contribution in [3.05, 3.63) is 84.9 Å². The lowest BCUT2D eigenvalue weighted by atomic mass is 9.89. The van der Waals surface area contributed by atoms with Gasteiger partial charge in [-0.05, 0) is 43.4 Å². The molecule has 4 aromatic rings. The van der Waals surface area contributed by atoms with Crippen molar-refractivity contribution in [3.63, 3.8) is 0 Å². The summed E-state index contributed by atoms with van der Waals surface area (Å²) in [6.07, 6.45) is 0. The first-order valence-corrected chi connectivity index (χ1v) is 11.8. The van der Waals surface area contributed by atoms with E-state index < -0.39 is 8.07 Å². The molecule has 5 rings (SSSR count). The second-order valence-electron chi connectivity index (χ2n) is 7.52. The zero-order chi connectivity index (χ0) is 17.2. The first-order chi connectivity index (χ1) is 12.1. The third-order valence-corrected chi connectivity index (χ3v) is 9.40. The number of fused-ring (bicyclic) bond motifs is 7. The third-order valence-electron chi connectivity index (χ3n) is 5.86. The van der Waals surface area contributed by atoms with Gasteiger partial charge < -0.3 is 0 Å².